The van der Waals surface area contributed by atoms with Crippen molar-refractivity contribution in [2.24, 2.45) is 11.3 Å². The van der Waals surface area contributed by atoms with E-state index in [1.54, 1.807) is 24.3 Å². The zero-order valence-corrected chi connectivity index (χ0v) is 24.0. The number of thiazole rings is 1. The predicted molar refractivity (Wildman–Crippen MR) is 156 cm³/mol. The lowest BCUT2D eigenvalue weighted by molar-refractivity contribution is 0.00492. The van der Waals surface area contributed by atoms with Gasteiger partial charge in [-0.05, 0) is 27.9 Å². The van der Waals surface area contributed by atoms with E-state index in [0.717, 1.165) is 11.7 Å². The molecule has 6 nitrogen and oxygen atoms in total. The first-order valence-corrected chi connectivity index (χ1v) is 15.4. The van der Waals surface area contributed by atoms with E-state index < -0.39 is 9.04 Å². The highest BCUT2D eigenvalue weighted by atomic mass is 32.1. The largest absolute Gasteiger partial charge is 0.387 e. The molecule has 197 valence electrons. The maximum atomic E-state index is 12.9. The van der Waals surface area contributed by atoms with Crippen LogP contribution in [0.1, 0.15) is 47.2 Å². The van der Waals surface area contributed by atoms with E-state index in [1.807, 2.05) is 17.5 Å². The summed E-state index contributed by atoms with van der Waals surface area (Å²) >= 11 is 1.54. The van der Waals surface area contributed by atoms with Crippen molar-refractivity contribution in [3.05, 3.63) is 107 Å². The summed E-state index contributed by atoms with van der Waals surface area (Å²) in [7, 11) is -1.51. The van der Waals surface area contributed by atoms with Crippen LogP contribution in [0.15, 0.2) is 90.3 Å². The van der Waals surface area contributed by atoms with Crippen LogP contribution in [0.2, 0.25) is 0 Å². The number of hydrogen-bond acceptors (Lipinski definition) is 6. The van der Waals surface area contributed by atoms with Gasteiger partial charge in [-0.1, -0.05) is 93.6 Å². The first-order chi connectivity index (χ1) is 18.8. The fourth-order valence-corrected chi connectivity index (χ4v) is 8.15. The number of imide groups is 1. The SMILES string of the molecule is CC(C)(C)C1CN(c2nc(CN3C(=O)c4ccccc4C3=O)cs2)C1O[Si](c1ccccc1)c1ccccc1. The highest BCUT2D eigenvalue weighted by Gasteiger charge is 2.49. The number of hydrogen-bond donors (Lipinski definition) is 0. The van der Waals surface area contributed by atoms with Gasteiger partial charge in [0.1, 0.15) is 6.23 Å². The van der Waals surface area contributed by atoms with E-state index in [1.165, 1.54) is 26.6 Å². The third-order valence-corrected chi connectivity index (χ3v) is 10.6. The Morgan fingerprint density at radius 2 is 1.41 bits per heavy atom. The number of fused-ring (bicyclic) bond motifs is 1. The fourth-order valence-electron chi connectivity index (χ4n) is 5.17. The summed E-state index contributed by atoms with van der Waals surface area (Å²) in [5.41, 5.74) is 1.68. The molecule has 39 heavy (non-hydrogen) atoms. The molecule has 2 atom stereocenters. The van der Waals surface area contributed by atoms with Crippen molar-refractivity contribution in [1.29, 1.82) is 0 Å². The molecule has 3 heterocycles. The molecular weight excluding hydrogens is 523 g/mol. The van der Waals surface area contributed by atoms with E-state index >= 15 is 0 Å². The molecule has 2 aliphatic rings. The number of nitrogens with zero attached hydrogens (tertiary/aromatic N) is 3. The van der Waals surface area contributed by atoms with Gasteiger partial charge >= 0.3 is 0 Å². The number of carbonyl (C=O) groups is 2. The first-order valence-electron chi connectivity index (χ1n) is 13.1. The van der Waals surface area contributed by atoms with Gasteiger partial charge in [-0.15, -0.1) is 11.3 Å². The predicted octanol–water partition coefficient (Wildman–Crippen LogP) is 4.57. The second-order valence-corrected chi connectivity index (χ2v) is 13.9. The van der Waals surface area contributed by atoms with Crippen LogP contribution >= 0.6 is 11.3 Å². The smallest absolute Gasteiger partial charge is 0.285 e. The minimum atomic E-state index is -1.51. The second kappa shape index (κ2) is 10.2. The maximum Gasteiger partial charge on any atom is 0.285 e. The Labute approximate surface area is 234 Å². The normalized spacial score (nSPS) is 19.0. The van der Waals surface area contributed by atoms with Gasteiger partial charge < -0.3 is 9.33 Å². The molecular formula is C31H30N3O3SSi. The van der Waals surface area contributed by atoms with E-state index in [0.29, 0.717) is 22.7 Å². The van der Waals surface area contributed by atoms with Crippen molar-refractivity contribution in [1.82, 2.24) is 9.88 Å². The van der Waals surface area contributed by atoms with E-state index in [2.05, 4.69) is 74.2 Å². The maximum absolute atomic E-state index is 12.9. The fraction of sp³-hybridized carbons (Fsp3) is 0.258. The molecule has 0 N–H and O–H groups in total. The van der Waals surface area contributed by atoms with E-state index in [-0.39, 0.29) is 30.0 Å². The van der Waals surface area contributed by atoms with Crippen LogP contribution < -0.4 is 15.3 Å². The second-order valence-electron chi connectivity index (χ2n) is 11.1. The Hall–Kier alpha value is -3.59. The van der Waals surface area contributed by atoms with Crippen molar-refractivity contribution >= 4 is 47.7 Å². The summed E-state index contributed by atoms with van der Waals surface area (Å²) in [6.07, 6.45) is -0.127. The van der Waals surface area contributed by atoms with Gasteiger partial charge in [-0.3, -0.25) is 14.5 Å². The van der Waals surface area contributed by atoms with Crippen LogP contribution in [0.25, 0.3) is 0 Å². The van der Waals surface area contributed by atoms with Crippen molar-refractivity contribution in [3.63, 3.8) is 0 Å². The Bertz CT molecular complexity index is 1430. The molecule has 0 bridgehead atoms. The number of amides is 2. The minimum absolute atomic E-state index is 0.0573. The van der Waals surface area contributed by atoms with Crippen molar-refractivity contribution in [3.8, 4) is 0 Å². The zero-order valence-electron chi connectivity index (χ0n) is 22.2. The number of rotatable bonds is 7. The summed E-state index contributed by atoms with van der Waals surface area (Å²) in [5, 5.41) is 5.22. The molecule has 0 spiro atoms. The highest BCUT2D eigenvalue weighted by Crippen LogP contribution is 2.43. The molecule has 3 aromatic carbocycles. The standard InChI is InChI=1S/C31H30N3O3SSi/c1-31(2,3)26-19-34(29(26)37-39(22-12-6-4-7-13-22)23-14-8-5-9-15-23)30-32-21(20-38-30)18-33-27(35)24-16-10-11-17-25(24)28(33)36/h4-17,20,26,29H,18-19H2,1-3H3. The molecule has 2 unspecified atom stereocenters. The highest BCUT2D eigenvalue weighted by molar-refractivity contribution is 7.13. The molecule has 0 aliphatic carbocycles. The van der Waals surface area contributed by atoms with Gasteiger partial charge in [0.15, 0.2) is 5.13 Å². The minimum Gasteiger partial charge on any atom is -0.387 e. The molecule has 2 aliphatic heterocycles. The Morgan fingerprint density at radius 3 is 1.95 bits per heavy atom. The Kier molecular flexibility index (Phi) is 6.70. The quantitative estimate of drug-likeness (QED) is 0.248. The van der Waals surface area contributed by atoms with Crippen molar-refractivity contribution < 1.29 is 14.0 Å². The van der Waals surface area contributed by atoms with Crippen molar-refractivity contribution in [2.75, 3.05) is 11.4 Å². The molecule has 1 saturated heterocycles. The average Bonchev–Trinajstić information content (AvgIpc) is 3.47. The monoisotopic (exact) mass is 552 g/mol. The number of benzene rings is 3. The number of aromatic nitrogens is 1. The van der Waals surface area contributed by atoms with Crippen LogP contribution in [0.5, 0.6) is 0 Å². The third kappa shape index (κ3) is 4.84. The average molecular weight is 553 g/mol. The molecule has 8 heteroatoms. The molecule has 2 amide bonds. The number of anilines is 1. The van der Waals surface area contributed by atoms with Gasteiger partial charge in [0, 0.05) is 17.8 Å². The van der Waals surface area contributed by atoms with Crippen molar-refractivity contribution in [2.45, 2.75) is 33.5 Å². The van der Waals surface area contributed by atoms with Crippen LogP contribution in [-0.2, 0) is 11.0 Å². The number of carbonyl (C=O) groups excluding carboxylic acids is 2. The van der Waals surface area contributed by atoms with E-state index in [4.69, 9.17) is 9.41 Å². The van der Waals surface area contributed by atoms with Crippen LogP contribution in [0, 0.1) is 11.3 Å². The van der Waals surface area contributed by atoms with Gasteiger partial charge in [-0.2, -0.15) is 0 Å². The van der Waals surface area contributed by atoms with Crippen LogP contribution in [0.3, 0.4) is 0 Å². The molecule has 1 aromatic heterocycles. The Morgan fingerprint density at radius 1 is 0.872 bits per heavy atom. The summed E-state index contributed by atoms with van der Waals surface area (Å²) < 4.78 is 7.06. The van der Waals surface area contributed by atoms with Gasteiger partial charge in [0.25, 0.3) is 20.9 Å². The van der Waals surface area contributed by atoms with Crippen LogP contribution in [0.4, 0.5) is 5.13 Å². The van der Waals surface area contributed by atoms with Crippen LogP contribution in [-0.4, -0.2) is 43.5 Å². The molecule has 0 saturated carbocycles. The first kappa shape index (κ1) is 25.7. The summed E-state index contributed by atoms with van der Waals surface area (Å²) in [6, 6.07) is 27.9. The van der Waals surface area contributed by atoms with Gasteiger partial charge in [0.05, 0.1) is 23.4 Å². The molecule has 4 aromatic rings. The lowest BCUT2D eigenvalue weighted by atomic mass is 9.74. The zero-order chi connectivity index (χ0) is 27.1. The topological polar surface area (TPSA) is 62.7 Å². The Balaban J connectivity index is 1.25. The van der Waals surface area contributed by atoms with E-state index in [9.17, 15) is 9.59 Å². The lowest BCUT2D eigenvalue weighted by Gasteiger charge is -2.53. The van der Waals surface area contributed by atoms with Gasteiger partial charge in [0.2, 0.25) is 0 Å². The van der Waals surface area contributed by atoms with Gasteiger partial charge in [-0.25, -0.2) is 4.98 Å². The molecule has 1 fully saturated rings. The summed E-state index contributed by atoms with van der Waals surface area (Å²) in [6.45, 7) is 7.79. The molecule has 6 rings (SSSR count). The summed E-state index contributed by atoms with van der Waals surface area (Å²) in [4.78, 5) is 34.1. The third-order valence-electron chi connectivity index (χ3n) is 7.45. The summed E-state index contributed by atoms with van der Waals surface area (Å²) in [5.74, 6) is -0.198. The molecule has 1 radical (unpaired) electrons. The lowest BCUT2D eigenvalue weighted by Crippen LogP contribution is -2.65.